The summed E-state index contributed by atoms with van der Waals surface area (Å²) in [7, 11) is 2.07. The van der Waals surface area contributed by atoms with E-state index in [4.69, 9.17) is 0 Å². The summed E-state index contributed by atoms with van der Waals surface area (Å²) in [5.41, 5.74) is 0. The summed E-state index contributed by atoms with van der Waals surface area (Å²) in [5, 5.41) is 3.33. The highest BCUT2D eigenvalue weighted by atomic mass is 32.1. The van der Waals surface area contributed by atoms with Gasteiger partial charge in [0.2, 0.25) is 0 Å². The molecule has 3 nitrogen and oxygen atoms in total. The number of hydrogen-bond acceptors (Lipinski definition) is 4. The predicted octanol–water partition coefficient (Wildman–Crippen LogP) is 3.30. The van der Waals surface area contributed by atoms with Crippen molar-refractivity contribution in [1.82, 2.24) is 10.2 Å². The number of nitrogens with zero attached hydrogens (tertiary/aromatic N) is 2. The van der Waals surface area contributed by atoms with Crippen molar-refractivity contribution in [2.24, 2.45) is 4.99 Å². The molecule has 1 aromatic rings. The quantitative estimate of drug-likeness (QED) is 0.867. The molecule has 0 fully saturated rings. The summed E-state index contributed by atoms with van der Waals surface area (Å²) in [4.78, 5) is 9.41. The van der Waals surface area contributed by atoms with Crippen LogP contribution in [0.1, 0.15) is 23.6 Å². The van der Waals surface area contributed by atoms with E-state index >= 15 is 0 Å². The second kappa shape index (κ2) is 7.14. The van der Waals surface area contributed by atoms with Gasteiger partial charge in [-0.25, -0.2) is 0 Å². The van der Waals surface area contributed by atoms with Crippen LogP contribution in [-0.4, -0.2) is 23.8 Å². The highest BCUT2D eigenvalue weighted by molar-refractivity contribution is 7.11. The van der Waals surface area contributed by atoms with Crippen LogP contribution in [0.3, 0.4) is 0 Å². The standard InChI is InChI=1S/C17H21N3S/c1-5-7-16-18-13(2)8-6-9-17(19-16)20(4)12-15-11-10-14(3)21-15/h6,8-11,13H,12H2,1-4H3,(H,18,19)/b8-6+,17-9-. The van der Waals surface area contributed by atoms with Gasteiger partial charge in [-0.1, -0.05) is 18.1 Å². The minimum atomic E-state index is 0.136. The van der Waals surface area contributed by atoms with Crippen molar-refractivity contribution in [1.29, 1.82) is 0 Å². The lowest BCUT2D eigenvalue weighted by molar-refractivity contribution is 0.398. The van der Waals surface area contributed by atoms with Gasteiger partial charge >= 0.3 is 0 Å². The maximum absolute atomic E-state index is 4.55. The molecule has 2 heterocycles. The summed E-state index contributed by atoms with van der Waals surface area (Å²) < 4.78 is 0. The molecule has 2 rings (SSSR count). The average molecular weight is 299 g/mol. The zero-order valence-corrected chi connectivity index (χ0v) is 13.8. The molecule has 0 saturated carbocycles. The fraction of sp³-hybridized carbons (Fsp3) is 0.353. The Morgan fingerprint density at radius 1 is 1.43 bits per heavy atom. The highest BCUT2D eigenvalue weighted by Crippen LogP contribution is 2.18. The second-order valence-electron chi connectivity index (χ2n) is 5.02. The SMILES string of the molecule is CC#CC1=NC(C)/C=C/C=C(\N(C)Cc2ccc(C)s2)N1. The Morgan fingerprint density at radius 2 is 2.24 bits per heavy atom. The Bertz CT molecular complexity index is 640. The number of allylic oxidation sites excluding steroid dienone is 2. The lowest BCUT2D eigenvalue weighted by Crippen LogP contribution is -2.33. The topological polar surface area (TPSA) is 27.6 Å². The molecule has 1 aromatic heterocycles. The first-order valence-corrected chi connectivity index (χ1v) is 7.82. The van der Waals surface area contributed by atoms with Crippen LogP contribution in [0.2, 0.25) is 0 Å². The lowest BCUT2D eigenvalue weighted by atomic mass is 10.2. The second-order valence-corrected chi connectivity index (χ2v) is 6.40. The minimum absolute atomic E-state index is 0.136. The Morgan fingerprint density at radius 3 is 2.90 bits per heavy atom. The smallest absolute Gasteiger partial charge is 0.180 e. The van der Waals surface area contributed by atoms with Crippen molar-refractivity contribution >= 4 is 17.2 Å². The number of rotatable bonds is 3. The maximum atomic E-state index is 4.55. The average Bonchev–Trinajstić information content (AvgIpc) is 2.80. The van der Waals surface area contributed by atoms with Gasteiger partial charge < -0.3 is 10.2 Å². The van der Waals surface area contributed by atoms with Gasteiger partial charge in [0.15, 0.2) is 5.84 Å². The first-order chi connectivity index (χ1) is 10.1. The fourth-order valence-corrected chi connectivity index (χ4v) is 2.99. The largest absolute Gasteiger partial charge is 0.356 e. The zero-order chi connectivity index (χ0) is 15.2. The van der Waals surface area contributed by atoms with E-state index in [0.29, 0.717) is 0 Å². The van der Waals surface area contributed by atoms with Gasteiger partial charge in [0.25, 0.3) is 0 Å². The maximum Gasteiger partial charge on any atom is 0.180 e. The summed E-state index contributed by atoms with van der Waals surface area (Å²) in [5.74, 6) is 7.66. The van der Waals surface area contributed by atoms with Crippen LogP contribution in [0, 0.1) is 18.8 Å². The molecular formula is C17H21N3S. The van der Waals surface area contributed by atoms with E-state index in [9.17, 15) is 0 Å². The van der Waals surface area contributed by atoms with Gasteiger partial charge in [-0.3, -0.25) is 4.99 Å². The van der Waals surface area contributed by atoms with Crippen molar-refractivity contribution in [3.63, 3.8) is 0 Å². The van der Waals surface area contributed by atoms with Gasteiger partial charge in [0.05, 0.1) is 12.6 Å². The molecular weight excluding hydrogens is 278 g/mol. The molecule has 0 radical (unpaired) electrons. The van der Waals surface area contributed by atoms with E-state index in [1.807, 2.05) is 31.3 Å². The van der Waals surface area contributed by atoms with Gasteiger partial charge in [-0.15, -0.1) is 11.3 Å². The zero-order valence-electron chi connectivity index (χ0n) is 13.0. The molecule has 0 aromatic carbocycles. The van der Waals surface area contributed by atoms with Gasteiger partial charge in [-0.05, 0) is 44.9 Å². The molecule has 1 aliphatic heterocycles. The molecule has 110 valence electrons. The predicted molar refractivity (Wildman–Crippen MR) is 91.2 cm³/mol. The van der Waals surface area contributed by atoms with Crippen LogP contribution in [0.25, 0.3) is 0 Å². The molecule has 1 N–H and O–H groups in total. The number of hydrogen-bond donors (Lipinski definition) is 1. The first kappa shape index (κ1) is 15.4. The third-order valence-corrected chi connectivity index (χ3v) is 4.05. The first-order valence-electron chi connectivity index (χ1n) is 7.01. The monoisotopic (exact) mass is 299 g/mol. The molecule has 0 bridgehead atoms. The van der Waals surface area contributed by atoms with Gasteiger partial charge in [-0.2, -0.15) is 0 Å². The van der Waals surface area contributed by atoms with E-state index in [0.717, 1.165) is 18.2 Å². The van der Waals surface area contributed by atoms with Crippen molar-refractivity contribution in [3.05, 3.63) is 45.9 Å². The van der Waals surface area contributed by atoms with Crippen molar-refractivity contribution in [3.8, 4) is 11.8 Å². The minimum Gasteiger partial charge on any atom is -0.356 e. The Balaban J connectivity index is 2.16. The summed E-state index contributed by atoms with van der Waals surface area (Å²) >= 11 is 1.83. The van der Waals surface area contributed by atoms with E-state index < -0.39 is 0 Å². The Kier molecular flexibility index (Phi) is 5.24. The summed E-state index contributed by atoms with van der Waals surface area (Å²) in [6.45, 7) is 6.87. The number of amidine groups is 1. The van der Waals surface area contributed by atoms with E-state index in [-0.39, 0.29) is 6.04 Å². The molecule has 0 aliphatic carbocycles. The molecule has 0 saturated heterocycles. The lowest BCUT2D eigenvalue weighted by Gasteiger charge is -2.23. The molecule has 4 heteroatoms. The molecule has 0 amide bonds. The third kappa shape index (κ3) is 4.51. The van der Waals surface area contributed by atoms with Crippen LogP contribution >= 0.6 is 11.3 Å². The molecule has 1 unspecified atom stereocenters. The van der Waals surface area contributed by atoms with Crippen molar-refractivity contribution in [2.75, 3.05) is 7.05 Å². The highest BCUT2D eigenvalue weighted by Gasteiger charge is 2.10. The van der Waals surface area contributed by atoms with E-state index in [1.165, 1.54) is 9.75 Å². The van der Waals surface area contributed by atoms with Gasteiger partial charge in [0, 0.05) is 16.8 Å². The fourth-order valence-electron chi connectivity index (χ4n) is 2.04. The summed E-state index contributed by atoms with van der Waals surface area (Å²) in [6, 6.07) is 4.47. The third-order valence-electron chi connectivity index (χ3n) is 3.07. The molecule has 0 spiro atoms. The van der Waals surface area contributed by atoms with Crippen LogP contribution in [-0.2, 0) is 6.54 Å². The van der Waals surface area contributed by atoms with Crippen LogP contribution in [0.15, 0.2) is 41.2 Å². The number of nitrogens with one attached hydrogen (secondary N) is 1. The van der Waals surface area contributed by atoms with E-state index in [2.05, 4.69) is 65.3 Å². The van der Waals surface area contributed by atoms with Crippen LogP contribution in [0.5, 0.6) is 0 Å². The molecule has 1 aliphatic rings. The number of aryl methyl sites for hydroxylation is 1. The van der Waals surface area contributed by atoms with Crippen molar-refractivity contribution in [2.45, 2.75) is 33.4 Å². The number of thiophene rings is 1. The van der Waals surface area contributed by atoms with Gasteiger partial charge in [0.1, 0.15) is 5.82 Å². The normalized spacial score (nSPS) is 21.6. The van der Waals surface area contributed by atoms with Crippen LogP contribution in [0.4, 0.5) is 0 Å². The van der Waals surface area contributed by atoms with Crippen LogP contribution < -0.4 is 5.32 Å². The molecule has 1 atom stereocenters. The number of aliphatic imine (C=N–C) groups is 1. The van der Waals surface area contributed by atoms with E-state index in [1.54, 1.807) is 0 Å². The Labute approximate surface area is 131 Å². The summed E-state index contributed by atoms with van der Waals surface area (Å²) in [6.07, 6.45) is 6.19. The molecule has 21 heavy (non-hydrogen) atoms. The Hall–Kier alpha value is -1.99. The van der Waals surface area contributed by atoms with Crippen molar-refractivity contribution < 1.29 is 0 Å².